The maximum atomic E-state index is 14.0. The molecule has 0 spiro atoms. The van der Waals surface area contributed by atoms with Gasteiger partial charge in [-0.25, -0.2) is 8.78 Å². The number of aromatic hydroxyl groups is 1. The standard InChI is InChI=1S/C21H17F2NO2/c1-12-3-4-13(2)19(9-12)24-21(26)17-10-14(5-8-20(17)25)16-7-6-15(22)11-18(16)23/h3-11,25H,1-2H3,(H,24,26). The number of nitrogens with one attached hydrogen (secondary N) is 1. The lowest BCUT2D eigenvalue weighted by molar-refractivity contribution is 0.102. The van der Waals surface area contributed by atoms with Gasteiger partial charge in [0.05, 0.1) is 5.56 Å². The molecule has 0 aliphatic rings. The van der Waals surface area contributed by atoms with Crippen LogP contribution in [0.15, 0.2) is 54.6 Å². The number of amides is 1. The molecular formula is C21H17F2NO2. The van der Waals surface area contributed by atoms with Gasteiger partial charge in [-0.3, -0.25) is 4.79 Å². The van der Waals surface area contributed by atoms with Crippen molar-refractivity contribution in [2.45, 2.75) is 13.8 Å². The second kappa shape index (κ2) is 6.96. The minimum absolute atomic E-state index is 0.00660. The van der Waals surface area contributed by atoms with E-state index in [2.05, 4.69) is 5.32 Å². The summed E-state index contributed by atoms with van der Waals surface area (Å²) in [5.74, 6) is -2.16. The maximum absolute atomic E-state index is 14.0. The van der Waals surface area contributed by atoms with Crippen molar-refractivity contribution in [3.8, 4) is 16.9 Å². The van der Waals surface area contributed by atoms with Crippen LogP contribution >= 0.6 is 0 Å². The van der Waals surface area contributed by atoms with Crippen molar-refractivity contribution in [2.75, 3.05) is 5.32 Å². The summed E-state index contributed by atoms with van der Waals surface area (Å²) >= 11 is 0. The first-order valence-electron chi connectivity index (χ1n) is 8.02. The topological polar surface area (TPSA) is 49.3 Å². The number of anilines is 1. The quantitative estimate of drug-likeness (QED) is 0.679. The Bertz CT molecular complexity index is 999. The molecule has 2 N–H and O–H groups in total. The molecule has 0 unspecified atom stereocenters. The van der Waals surface area contributed by atoms with E-state index in [1.807, 2.05) is 32.0 Å². The monoisotopic (exact) mass is 353 g/mol. The van der Waals surface area contributed by atoms with Crippen LogP contribution in [0, 0.1) is 25.5 Å². The molecule has 26 heavy (non-hydrogen) atoms. The molecule has 0 aromatic heterocycles. The zero-order chi connectivity index (χ0) is 18.8. The predicted molar refractivity (Wildman–Crippen MR) is 97.3 cm³/mol. The maximum Gasteiger partial charge on any atom is 0.259 e. The van der Waals surface area contributed by atoms with Crippen molar-refractivity contribution in [1.29, 1.82) is 0 Å². The van der Waals surface area contributed by atoms with Gasteiger partial charge in [-0.1, -0.05) is 18.2 Å². The molecule has 0 radical (unpaired) electrons. The summed E-state index contributed by atoms with van der Waals surface area (Å²) in [4.78, 5) is 12.6. The molecule has 5 heteroatoms. The van der Waals surface area contributed by atoms with Gasteiger partial charge in [-0.05, 0) is 60.9 Å². The summed E-state index contributed by atoms with van der Waals surface area (Å²) in [7, 11) is 0. The fourth-order valence-electron chi connectivity index (χ4n) is 2.67. The number of carbonyl (C=O) groups is 1. The van der Waals surface area contributed by atoms with Gasteiger partial charge in [0.25, 0.3) is 5.91 Å². The average Bonchev–Trinajstić information content (AvgIpc) is 2.59. The number of rotatable bonds is 3. The van der Waals surface area contributed by atoms with Crippen molar-refractivity contribution < 1.29 is 18.7 Å². The second-order valence-corrected chi connectivity index (χ2v) is 6.13. The van der Waals surface area contributed by atoms with Crippen molar-refractivity contribution in [1.82, 2.24) is 0 Å². The average molecular weight is 353 g/mol. The highest BCUT2D eigenvalue weighted by molar-refractivity contribution is 6.07. The zero-order valence-corrected chi connectivity index (χ0v) is 14.3. The van der Waals surface area contributed by atoms with Crippen LogP contribution in [0.1, 0.15) is 21.5 Å². The Morgan fingerprint density at radius 1 is 0.962 bits per heavy atom. The Kier molecular flexibility index (Phi) is 4.71. The molecule has 0 bridgehead atoms. The third kappa shape index (κ3) is 3.57. The number of aryl methyl sites for hydroxylation is 2. The number of benzene rings is 3. The van der Waals surface area contributed by atoms with Gasteiger partial charge >= 0.3 is 0 Å². The normalized spacial score (nSPS) is 10.6. The fraction of sp³-hybridized carbons (Fsp3) is 0.0952. The lowest BCUT2D eigenvalue weighted by Gasteiger charge is -2.12. The van der Waals surface area contributed by atoms with Gasteiger partial charge < -0.3 is 10.4 Å². The molecule has 3 aromatic carbocycles. The Morgan fingerprint density at radius 2 is 1.73 bits per heavy atom. The molecule has 0 aliphatic heterocycles. The highest BCUT2D eigenvalue weighted by Gasteiger charge is 2.15. The Hall–Kier alpha value is -3.21. The molecule has 0 saturated heterocycles. The van der Waals surface area contributed by atoms with Crippen LogP contribution < -0.4 is 5.32 Å². The van der Waals surface area contributed by atoms with Crippen molar-refractivity contribution in [3.63, 3.8) is 0 Å². The van der Waals surface area contributed by atoms with Crippen molar-refractivity contribution in [2.24, 2.45) is 0 Å². The molecule has 0 aliphatic carbocycles. The van der Waals surface area contributed by atoms with Crippen LogP contribution in [-0.4, -0.2) is 11.0 Å². The fourth-order valence-corrected chi connectivity index (χ4v) is 2.67. The summed E-state index contributed by atoms with van der Waals surface area (Å²) < 4.78 is 27.1. The van der Waals surface area contributed by atoms with E-state index in [1.54, 1.807) is 0 Å². The molecule has 3 rings (SSSR count). The number of halogens is 2. The van der Waals surface area contributed by atoms with Gasteiger partial charge in [0.1, 0.15) is 17.4 Å². The molecule has 0 atom stereocenters. The Balaban J connectivity index is 1.97. The van der Waals surface area contributed by atoms with Gasteiger partial charge in [0.2, 0.25) is 0 Å². The summed E-state index contributed by atoms with van der Waals surface area (Å²) in [6, 6.07) is 13.0. The summed E-state index contributed by atoms with van der Waals surface area (Å²) in [6.45, 7) is 3.77. The minimum Gasteiger partial charge on any atom is -0.507 e. The third-order valence-corrected chi connectivity index (χ3v) is 4.12. The third-order valence-electron chi connectivity index (χ3n) is 4.12. The SMILES string of the molecule is Cc1ccc(C)c(NC(=O)c2cc(-c3ccc(F)cc3F)ccc2O)c1. The smallest absolute Gasteiger partial charge is 0.259 e. The Morgan fingerprint density at radius 3 is 2.46 bits per heavy atom. The molecule has 0 fully saturated rings. The van der Waals surface area contributed by atoms with Crippen molar-refractivity contribution >= 4 is 11.6 Å². The second-order valence-electron chi connectivity index (χ2n) is 6.13. The van der Waals surface area contributed by atoms with E-state index >= 15 is 0 Å². The molecular weight excluding hydrogens is 336 g/mol. The van der Waals surface area contributed by atoms with Gasteiger partial charge in [-0.2, -0.15) is 0 Å². The lowest BCUT2D eigenvalue weighted by Crippen LogP contribution is -2.13. The van der Waals surface area contributed by atoms with Crippen LogP contribution in [0.5, 0.6) is 5.75 Å². The first-order chi connectivity index (χ1) is 12.3. The van der Waals surface area contributed by atoms with Crippen LogP contribution in [0.2, 0.25) is 0 Å². The Labute approximate surface area is 149 Å². The van der Waals surface area contributed by atoms with Crippen LogP contribution in [0.25, 0.3) is 11.1 Å². The van der Waals surface area contributed by atoms with Gasteiger partial charge in [-0.15, -0.1) is 0 Å². The number of phenols is 1. The van der Waals surface area contributed by atoms with E-state index in [-0.39, 0.29) is 16.9 Å². The number of carbonyl (C=O) groups excluding carboxylic acids is 1. The summed E-state index contributed by atoms with van der Waals surface area (Å²) in [5.41, 5.74) is 3.01. The van der Waals surface area contributed by atoms with Gasteiger partial charge in [0.15, 0.2) is 0 Å². The van der Waals surface area contributed by atoms with E-state index in [9.17, 15) is 18.7 Å². The summed E-state index contributed by atoms with van der Waals surface area (Å²) in [6.07, 6.45) is 0. The highest BCUT2D eigenvalue weighted by atomic mass is 19.1. The molecule has 0 heterocycles. The first kappa shape index (κ1) is 17.6. The van der Waals surface area contributed by atoms with Crippen LogP contribution in [0.4, 0.5) is 14.5 Å². The van der Waals surface area contributed by atoms with E-state index in [1.165, 1.54) is 24.3 Å². The number of phenolic OH excluding ortho intramolecular Hbond substituents is 1. The molecule has 1 amide bonds. The number of hydrogen-bond acceptors (Lipinski definition) is 2. The largest absolute Gasteiger partial charge is 0.507 e. The lowest BCUT2D eigenvalue weighted by atomic mass is 10.0. The van der Waals surface area contributed by atoms with E-state index in [0.29, 0.717) is 11.3 Å². The van der Waals surface area contributed by atoms with Gasteiger partial charge in [0, 0.05) is 17.3 Å². The van der Waals surface area contributed by atoms with E-state index < -0.39 is 17.5 Å². The molecule has 0 saturated carbocycles. The molecule has 3 aromatic rings. The predicted octanol–water partition coefficient (Wildman–Crippen LogP) is 5.21. The van der Waals surface area contributed by atoms with Crippen LogP contribution in [-0.2, 0) is 0 Å². The number of hydrogen-bond donors (Lipinski definition) is 2. The minimum atomic E-state index is -0.739. The highest BCUT2D eigenvalue weighted by Crippen LogP contribution is 2.29. The van der Waals surface area contributed by atoms with Crippen LogP contribution in [0.3, 0.4) is 0 Å². The van der Waals surface area contributed by atoms with E-state index in [0.717, 1.165) is 23.3 Å². The molecule has 132 valence electrons. The van der Waals surface area contributed by atoms with Crippen molar-refractivity contribution in [3.05, 3.63) is 82.9 Å². The zero-order valence-electron chi connectivity index (χ0n) is 14.3. The molecule has 3 nitrogen and oxygen atoms in total. The summed E-state index contributed by atoms with van der Waals surface area (Å²) in [5, 5.41) is 12.8. The van der Waals surface area contributed by atoms with E-state index in [4.69, 9.17) is 0 Å². The first-order valence-corrected chi connectivity index (χ1v) is 8.02.